The average Bonchev–Trinajstić information content (AvgIpc) is 3.06. The number of aryl methyl sites for hydroxylation is 1. The van der Waals surface area contributed by atoms with Crippen molar-refractivity contribution in [3.63, 3.8) is 0 Å². The highest BCUT2D eigenvalue weighted by atomic mass is 35.5. The first-order valence-electron chi connectivity index (χ1n) is 15.8. The lowest BCUT2D eigenvalue weighted by Crippen LogP contribution is -2.53. The summed E-state index contributed by atoms with van der Waals surface area (Å²) in [4.78, 5) is 30.0. The van der Waals surface area contributed by atoms with Crippen LogP contribution in [0.4, 0.5) is 5.69 Å². The lowest BCUT2D eigenvalue weighted by molar-refractivity contribution is -0.140. The van der Waals surface area contributed by atoms with Gasteiger partial charge < -0.3 is 15.0 Å². The van der Waals surface area contributed by atoms with E-state index < -0.39 is 28.5 Å². The molecule has 1 atom stereocenters. The van der Waals surface area contributed by atoms with Crippen molar-refractivity contribution < 1.29 is 22.7 Å². The molecule has 4 rings (SSSR count). The van der Waals surface area contributed by atoms with E-state index in [1.807, 2.05) is 68.4 Å². The molecular formula is C37H42ClN3O5S. The van der Waals surface area contributed by atoms with Gasteiger partial charge in [-0.25, -0.2) is 8.42 Å². The number of hydrogen-bond acceptors (Lipinski definition) is 5. The zero-order chi connectivity index (χ0) is 33.8. The van der Waals surface area contributed by atoms with Gasteiger partial charge in [-0.05, 0) is 67.8 Å². The lowest BCUT2D eigenvalue weighted by Gasteiger charge is -2.34. The Bertz CT molecular complexity index is 1730. The highest BCUT2D eigenvalue weighted by Gasteiger charge is 2.35. The third kappa shape index (κ3) is 9.59. The van der Waals surface area contributed by atoms with Crippen molar-refractivity contribution in [3.8, 4) is 5.75 Å². The van der Waals surface area contributed by atoms with Gasteiger partial charge in [0.2, 0.25) is 11.8 Å². The van der Waals surface area contributed by atoms with Crippen molar-refractivity contribution in [2.75, 3.05) is 24.0 Å². The summed E-state index contributed by atoms with van der Waals surface area (Å²) in [7, 11) is -4.30. The number of nitrogens with one attached hydrogen (secondary N) is 1. The zero-order valence-corrected chi connectivity index (χ0v) is 28.6. The maximum atomic E-state index is 14.7. The first kappa shape index (κ1) is 35.5. The van der Waals surface area contributed by atoms with Crippen LogP contribution in [0.1, 0.15) is 43.4 Å². The fraction of sp³-hybridized carbons (Fsp3) is 0.297. The highest BCUT2D eigenvalue weighted by molar-refractivity contribution is 7.92. The Kier molecular flexibility index (Phi) is 12.8. The largest absolute Gasteiger partial charge is 0.492 e. The average molecular weight is 676 g/mol. The Morgan fingerprint density at radius 1 is 0.872 bits per heavy atom. The van der Waals surface area contributed by atoms with Crippen LogP contribution in [0.15, 0.2) is 108 Å². The van der Waals surface area contributed by atoms with Crippen LogP contribution in [-0.2, 0) is 32.6 Å². The van der Waals surface area contributed by atoms with Crippen LogP contribution in [0.5, 0.6) is 5.75 Å². The van der Waals surface area contributed by atoms with E-state index >= 15 is 0 Å². The minimum Gasteiger partial charge on any atom is -0.492 e. The molecule has 0 fully saturated rings. The van der Waals surface area contributed by atoms with Gasteiger partial charge in [0.05, 0.1) is 17.2 Å². The van der Waals surface area contributed by atoms with Gasteiger partial charge in [0.25, 0.3) is 10.0 Å². The Morgan fingerprint density at radius 2 is 1.55 bits per heavy atom. The van der Waals surface area contributed by atoms with Crippen LogP contribution >= 0.6 is 11.6 Å². The second-order valence-corrected chi connectivity index (χ2v) is 13.5. The summed E-state index contributed by atoms with van der Waals surface area (Å²) in [5, 5.41) is 3.39. The minimum atomic E-state index is -4.30. The second-order valence-electron chi connectivity index (χ2n) is 11.2. The first-order chi connectivity index (χ1) is 22.6. The number of ether oxygens (including phenoxy) is 1. The number of para-hydroxylation sites is 2. The van der Waals surface area contributed by atoms with Crippen molar-refractivity contribution in [2.24, 2.45) is 0 Å². The minimum absolute atomic E-state index is 0.0376. The summed E-state index contributed by atoms with van der Waals surface area (Å²) in [5.74, 6) is -0.532. The zero-order valence-electron chi connectivity index (χ0n) is 27.1. The lowest BCUT2D eigenvalue weighted by atomic mass is 10.0. The summed E-state index contributed by atoms with van der Waals surface area (Å²) in [6.07, 6.45) is 1.93. The number of benzene rings is 4. The number of carbonyl (C=O) groups excluding carboxylic acids is 2. The number of hydrogen-bond donors (Lipinski definition) is 1. The molecule has 0 aromatic heterocycles. The molecule has 0 aliphatic heterocycles. The molecule has 0 aliphatic carbocycles. The summed E-state index contributed by atoms with van der Waals surface area (Å²) >= 11 is 6.09. The molecule has 0 heterocycles. The maximum Gasteiger partial charge on any atom is 0.264 e. The van der Waals surface area contributed by atoms with Crippen molar-refractivity contribution >= 4 is 39.1 Å². The van der Waals surface area contributed by atoms with Crippen LogP contribution < -0.4 is 14.4 Å². The maximum absolute atomic E-state index is 14.7. The van der Waals surface area contributed by atoms with Crippen molar-refractivity contribution in [1.82, 2.24) is 10.2 Å². The van der Waals surface area contributed by atoms with Gasteiger partial charge in [-0.2, -0.15) is 0 Å². The van der Waals surface area contributed by atoms with Crippen molar-refractivity contribution in [1.29, 1.82) is 0 Å². The third-order valence-corrected chi connectivity index (χ3v) is 9.68. The fourth-order valence-electron chi connectivity index (χ4n) is 5.26. The number of amides is 2. The molecule has 248 valence electrons. The summed E-state index contributed by atoms with van der Waals surface area (Å²) in [5.41, 5.74) is 2.90. The molecule has 0 radical (unpaired) electrons. The van der Waals surface area contributed by atoms with Crippen molar-refractivity contribution in [3.05, 3.63) is 125 Å². The standard InChI is InChI=1S/C37H42ClN3O5S/c1-4-6-23-39-37(43)34(25-29-14-8-7-9-15-29)40(26-30-16-12-13-28(3)24-30)36(42)27-41(33-17-10-11-18-35(33)46-5-2)47(44,45)32-21-19-31(38)20-22-32/h7-22,24,34H,4-6,23,25-27H2,1-3H3,(H,39,43). The molecule has 0 spiro atoms. The Labute approximate surface area is 283 Å². The number of sulfonamides is 1. The van der Waals surface area contributed by atoms with Crippen LogP contribution in [0.2, 0.25) is 5.02 Å². The first-order valence-corrected chi connectivity index (χ1v) is 17.6. The number of unbranched alkanes of at least 4 members (excludes halogenated alkanes) is 1. The molecule has 10 heteroatoms. The topological polar surface area (TPSA) is 96.0 Å². The van der Waals surface area contributed by atoms with Gasteiger partial charge in [-0.1, -0.05) is 97.2 Å². The molecule has 47 heavy (non-hydrogen) atoms. The fourth-order valence-corrected chi connectivity index (χ4v) is 6.81. The van der Waals surface area contributed by atoms with E-state index in [9.17, 15) is 18.0 Å². The van der Waals surface area contributed by atoms with Crippen LogP contribution in [0.3, 0.4) is 0 Å². The van der Waals surface area contributed by atoms with Gasteiger partial charge in [-0.3, -0.25) is 13.9 Å². The van der Waals surface area contributed by atoms with Gasteiger partial charge in [0, 0.05) is 24.5 Å². The van der Waals surface area contributed by atoms with E-state index in [1.165, 1.54) is 29.2 Å². The van der Waals surface area contributed by atoms with Crippen LogP contribution in [0.25, 0.3) is 0 Å². The van der Waals surface area contributed by atoms with Crippen LogP contribution in [0, 0.1) is 6.92 Å². The van der Waals surface area contributed by atoms with Gasteiger partial charge in [0.1, 0.15) is 18.3 Å². The second kappa shape index (κ2) is 17.0. The molecule has 2 amide bonds. The molecule has 8 nitrogen and oxygen atoms in total. The number of anilines is 1. The molecule has 0 saturated heterocycles. The summed E-state index contributed by atoms with van der Waals surface area (Å²) < 4.78 is 35.5. The number of rotatable bonds is 16. The number of carbonyl (C=O) groups is 2. The van der Waals surface area contributed by atoms with Gasteiger partial charge in [0.15, 0.2) is 0 Å². The Hall–Kier alpha value is -4.34. The molecular weight excluding hydrogens is 634 g/mol. The molecule has 1 unspecified atom stereocenters. The van der Waals surface area contributed by atoms with E-state index in [0.717, 1.165) is 33.8 Å². The molecule has 1 N–H and O–H groups in total. The molecule has 0 saturated carbocycles. The highest BCUT2D eigenvalue weighted by Crippen LogP contribution is 2.33. The monoisotopic (exact) mass is 675 g/mol. The number of halogens is 1. The van der Waals surface area contributed by atoms with Crippen molar-refractivity contribution in [2.45, 2.75) is 57.5 Å². The summed E-state index contributed by atoms with van der Waals surface area (Å²) in [6, 6.07) is 28.8. The van der Waals surface area contributed by atoms with Gasteiger partial charge >= 0.3 is 0 Å². The van der Waals surface area contributed by atoms with E-state index in [1.54, 1.807) is 31.2 Å². The van der Waals surface area contributed by atoms with E-state index in [0.29, 0.717) is 17.3 Å². The van der Waals surface area contributed by atoms with E-state index in [2.05, 4.69) is 5.32 Å². The predicted molar refractivity (Wildman–Crippen MR) is 187 cm³/mol. The summed E-state index contributed by atoms with van der Waals surface area (Å²) in [6.45, 7) is 6.07. The normalized spacial score (nSPS) is 11.8. The smallest absolute Gasteiger partial charge is 0.264 e. The molecule has 4 aromatic rings. The Balaban J connectivity index is 1.83. The van der Waals surface area contributed by atoms with E-state index in [-0.39, 0.29) is 36.1 Å². The molecule has 0 aliphatic rings. The predicted octanol–water partition coefficient (Wildman–Crippen LogP) is 6.80. The van der Waals surface area contributed by atoms with E-state index in [4.69, 9.17) is 16.3 Å². The SMILES string of the molecule is CCCCNC(=O)C(Cc1ccccc1)N(Cc1cccc(C)c1)C(=O)CN(c1ccccc1OCC)S(=O)(=O)c1ccc(Cl)cc1. The Morgan fingerprint density at radius 3 is 2.23 bits per heavy atom. The molecule has 0 bridgehead atoms. The third-order valence-electron chi connectivity index (χ3n) is 7.65. The quantitative estimate of drug-likeness (QED) is 0.132. The molecule has 4 aromatic carbocycles. The number of nitrogens with zero attached hydrogens (tertiary/aromatic N) is 2. The van der Waals surface area contributed by atoms with Crippen LogP contribution in [-0.4, -0.2) is 50.9 Å². The van der Waals surface area contributed by atoms with Gasteiger partial charge in [-0.15, -0.1) is 0 Å².